The quantitative estimate of drug-likeness (QED) is 0.510. The molecule has 0 bridgehead atoms. The number of aliphatic hydroxyl groups is 1. The average Bonchev–Trinajstić information content (AvgIpc) is 2.74. The van der Waals surface area contributed by atoms with Gasteiger partial charge in [0.05, 0.1) is 10.6 Å². The van der Waals surface area contributed by atoms with Crippen LogP contribution < -0.4 is 0 Å². The van der Waals surface area contributed by atoms with Gasteiger partial charge in [0.25, 0.3) is 0 Å². The summed E-state index contributed by atoms with van der Waals surface area (Å²) >= 11 is 11.4. The van der Waals surface area contributed by atoms with Gasteiger partial charge in [0.2, 0.25) is 0 Å². The molecule has 0 unspecified atom stereocenters. The monoisotopic (exact) mass is 487 g/mol. The third-order valence-electron chi connectivity index (χ3n) is 5.68. The molecule has 0 radical (unpaired) electrons. The fraction of sp³-hybridized carbons (Fsp3) is 0.391. The van der Waals surface area contributed by atoms with E-state index in [0.29, 0.717) is 49.1 Å². The maximum Gasteiger partial charge on any atom is 0.417 e. The zero-order chi connectivity index (χ0) is 23.5. The van der Waals surface area contributed by atoms with Gasteiger partial charge in [0, 0.05) is 35.7 Å². The minimum Gasteiger partial charge on any atom is -0.382 e. The van der Waals surface area contributed by atoms with Gasteiger partial charge in [-0.15, -0.1) is 0 Å². The van der Waals surface area contributed by atoms with Crippen molar-refractivity contribution in [2.24, 2.45) is 0 Å². The van der Waals surface area contributed by atoms with Gasteiger partial charge in [0.1, 0.15) is 5.60 Å². The van der Waals surface area contributed by atoms with Crippen molar-refractivity contribution >= 4 is 34.8 Å². The number of likely N-dealkylation sites (tertiary alicyclic amines) is 1. The Morgan fingerprint density at radius 2 is 1.59 bits per heavy atom. The van der Waals surface area contributed by atoms with Crippen LogP contribution in [0.4, 0.5) is 13.2 Å². The second-order valence-electron chi connectivity index (χ2n) is 7.93. The van der Waals surface area contributed by atoms with Crippen molar-refractivity contribution in [1.82, 2.24) is 4.90 Å². The number of alkyl halides is 3. The van der Waals surface area contributed by atoms with Gasteiger partial charge < -0.3 is 10.0 Å². The third-order valence-corrected chi connectivity index (χ3v) is 6.27. The Labute approximate surface area is 193 Å². The van der Waals surface area contributed by atoms with Crippen molar-refractivity contribution in [3.63, 3.8) is 0 Å². The molecule has 172 valence electrons. The zero-order valence-electron chi connectivity index (χ0n) is 17.1. The van der Waals surface area contributed by atoms with Gasteiger partial charge in [-0.2, -0.15) is 13.2 Å². The largest absolute Gasteiger partial charge is 0.417 e. The van der Waals surface area contributed by atoms with Crippen molar-refractivity contribution in [2.45, 2.75) is 37.5 Å². The molecule has 1 aliphatic rings. The summed E-state index contributed by atoms with van der Waals surface area (Å²) in [5.41, 5.74) is -2.45. The Morgan fingerprint density at radius 1 is 1.00 bits per heavy atom. The van der Waals surface area contributed by atoms with E-state index in [1.54, 1.807) is 24.3 Å². The fourth-order valence-corrected chi connectivity index (χ4v) is 4.12. The molecule has 0 aromatic heterocycles. The van der Waals surface area contributed by atoms with Crippen LogP contribution in [0.1, 0.15) is 52.0 Å². The minimum absolute atomic E-state index is 0.00793. The molecule has 1 fully saturated rings. The van der Waals surface area contributed by atoms with Crippen LogP contribution in [0.15, 0.2) is 42.5 Å². The van der Waals surface area contributed by atoms with Crippen LogP contribution in [0, 0.1) is 0 Å². The summed E-state index contributed by atoms with van der Waals surface area (Å²) in [5, 5.41) is 10.9. The molecule has 0 amide bonds. The Balaban J connectivity index is 1.53. The standard InChI is InChI=1S/C23H22Cl2F3NO3/c24-17-6-3-15(4-7-17)20(30)2-1-11-29-12-9-22(32,10-13-29)21(31)16-5-8-19(25)18(14-16)23(26,27)28/h3-8,14,32H,1-2,9-13H2. The summed E-state index contributed by atoms with van der Waals surface area (Å²) in [4.78, 5) is 27.0. The van der Waals surface area contributed by atoms with Gasteiger partial charge >= 0.3 is 6.18 Å². The lowest BCUT2D eigenvalue weighted by Gasteiger charge is -2.37. The number of benzene rings is 2. The van der Waals surface area contributed by atoms with E-state index in [1.165, 1.54) is 6.07 Å². The lowest BCUT2D eigenvalue weighted by atomic mass is 9.83. The highest BCUT2D eigenvalue weighted by molar-refractivity contribution is 6.31. The number of carbonyl (C=O) groups excluding carboxylic acids is 2. The molecule has 1 saturated heterocycles. The lowest BCUT2D eigenvalue weighted by molar-refractivity contribution is -0.137. The molecule has 1 aliphatic heterocycles. The number of hydrogen-bond acceptors (Lipinski definition) is 4. The summed E-state index contributed by atoms with van der Waals surface area (Å²) < 4.78 is 39.3. The van der Waals surface area contributed by atoms with Crippen LogP contribution in [-0.4, -0.2) is 46.8 Å². The molecule has 0 aliphatic carbocycles. The highest BCUT2D eigenvalue weighted by atomic mass is 35.5. The summed E-state index contributed by atoms with van der Waals surface area (Å²) in [6.45, 7) is 1.41. The summed E-state index contributed by atoms with van der Waals surface area (Å²) in [6, 6.07) is 9.60. The SMILES string of the molecule is O=C(CCCN1CCC(O)(C(=O)c2ccc(Cl)c(C(F)(F)F)c2)CC1)c1ccc(Cl)cc1. The molecule has 2 aromatic rings. The molecule has 4 nitrogen and oxygen atoms in total. The third kappa shape index (κ3) is 5.90. The number of halogens is 5. The molecule has 1 heterocycles. The van der Waals surface area contributed by atoms with Crippen LogP contribution >= 0.6 is 23.2 Å². The number of Topliss-reactive ketones (excluding diaryl/α,β-unsaturated/α-hetero) is 2. The van der Waals surface area contributed by atoms with Gasteiger partial charge in [-0.05, 0) is 68.3 Å². The Morgan fingerprint density at radius 3 is 2.19 bits per heavy atom. The number of carbonyl (C=O) groups is 2. The smallest absolute Gasteiger partial charge is 0.382 e. The van der Waals surface area contributed by atoms with Crippen LogP contribution in [0.25, 0.3) is 0 Å². The summed E-state index contributed by atoms with van der Waals surface area (Å²) in [5.74, 6) is -0.731. The van der Waals surface area contributed by atoms with Crippen molar-refractivity contribution < 1.29 is 27.9 Å². The van der Waals surface area contributed by atoms with E-state index in [0.717, 1.165) is 6.07 Å². The second kappa shape index (κ2) is 9.91. The van der Waals surface area contributed by atoms with Crippen molar-refractivity contribution in [2.75, 3.05) is 19.6 Å². The average molecular weight is 488 g/mol. The van der Waals surface area contributed by atoms with E-state index >= 15 is 0 Å². The van der Waals surface area contributed by atoms with E-state index in [-0.39, 0.29) is 24.2 Å². The van der Waals surface area contributed by atoms with Crippen molar-refractivity contribution in [3.05, 3.63) is 69.2 Å². The fourth-order valence-electron chi connectivity index (χ4n) is 3.77. The van der Waals surface area contributed by atoms with Crippen LogP contribution in [0.2, 0.25) is 10.0 Å². The number of hydrogen-bond donors (Lipinski definition) is 1. The molecule has 9 heteroatoms. The topological polar surface area (TPSA) is 57.6 Å². The highest BCUT2D eigenvalue weighted by Gasteiger charge is 2.41. The van der Waals surface area contributed by atoms with Gasteiger partial charge in [-0.25, -0.2) is 0 Å². The molecular weight excluding hydrogens is 466 g/mol. The first-order valence-corrected chi connectivity index (χ1v) is 10.9. The van der Waals surface area contributed by atoms with E-state index < -0.39 is 28.1 Å². The Hall–Kier alpha value is -1.93. The van der Waals surface area contributed by atoms with E-state index in [4.69, 9.17) is 23.2 Å². The Bertz CT molecular complexity index is 985. The van der Waals surface area contributed by atoms with Crippen molar-refractivity contribution in [1.29, 1.82) is 0 Å². The normalized spacial score (nSPS) is 16.7. The molecule has 3 rings (SSSR count). The predicted molar refractivity (Wildman–Crippen MR) is 116 cm³/mol. The molecule has 1 N–H and O–H groups in total. The molecular formula is C23H22Cl2F3NO3. The first-order valence-electron chi connectivity index (χ1n) is 10.1. The summed E-state index contributed by atoms with van der Waals surface area (Å²) in [6.07, 6.45) is -3.53. The van der Waals surface area contributed by atoms with E-state index in [2.05, 4.69) is 0 Å². The van der Waals surface area contributed by atoms with Gasteiger partial charge in [-0.1, -0.05) is 23.2 Å². The Kier molecular flexibility index (Phi) is 7.65. The first kappa shape index (κ1) is 24.7. The molecule has 0 spiro atoms. The van der Waals surface area contributed by atoms with Crippen LogP contribution in [0.5, 0.6) is 0 Å². The van der Waals surface area contributed by atoms with Gasteiger partial charge in [0.15, 0.2) is 11.6 Å². The summed E-state index contributed by atoms with van der Waals surface area (Å²) in [7, 11) is 0. The number of ketones is 2. The van der Waals surface area contributed by atoms with E-state index in [1.807, 2.05) is 4.90 Å². The zero-order valence-corrected chi connectivity index (χ0v) is 18.6. The predicted octanol–water partition coefficient (Wildman–Crippen LogP) is 5.68. The first-order chi connectivity index (χ1) is 15.0. The van der Waals surface area contributed by atoms with Crippen LogP contribution in [0.3, 0.4) is 0 Å². The number of nitrogens with zero attached hydrogens (tertiary/aromatic N) is 1. The van der Waals surface area contributed by atoms with E-state index in [9.17, 15) is 27.9 Å². The maximum atomic E-state index is 13.1. The number of piperidine rings is 1. The second-order valence-corrected chi connectivity index (χ2v) is 8.77. The highest BCUT2D eigenvalue weighted by Crippen LogP contribution is 2.36. The molecule has 2 aromatic carbocycles. The minimum atomic E-state index is -4.69. The number of rotatable bonds is 7. The molecule has 0 saturated carbocycles. The molecule has 32 heavy (non-hydrogen) atoms. The molecule has 0 atom stereocenters. The van der Waals surface area contributed by atoms with Crippen LogP contribution in [-0.2, 0) is 6.18 Å². The lowest BCUT2D eigenvalue weighted by Crippen LogP contribution is -2.49. The van der Waals surface area contributed by atoms with Crippen molar-refractivity contribution in [3.8, 4) is 0 Å². The maximum absolute atomic E-state index is 13.1. The van der Waals surface area contributed by atoms with Gasteiger partial charge in [-0.3, -0.25) is 9.59 Å².